The van der Waals surface area contributed by atoms with Gasteiger partial charge in [-0.15, -0.1) is 0 Å². The van der Waals surface area contributed by atoms with Crippen molar-refractivity contribution >= 4 is 32.4 Å². The van der Waals surface area contributed by atoms with E-state index in [1.54, 1.807) is 0 Å². The number of hydrogen-bond donors (Lipinski definition) is 1. The Morgan fingerprint density at radius 3 is 2.64 bits per heavy atom. The Kier molecular flexibility index (Phi) is 2.08. The third-order valence-electron chi connectivity index (χ3n) is 1.27. The second kappa shape index (κ2) is 2.86. The number of anilines is 1. The Labute approximate surface area is 67.8 Å². The van der Waals surface area contributed by atoms with Crippen LogP contribution in [0, 0.1) is 0 Å². The molecule has 1 aromatic heterocycles. The van der Waals surface area contributed by atoms with E-state index in [0.29, 0.717) is 16.8 Å². The quantitative estimate of drug-likeness (QED) is 0.475. The summed E-state index contributed by atoms with van der Waals surface area (Å²) < 4.78 is 4.81. The number of aromatic nitrogens is 1. The number of nitrogens with zero attached hydrogens (tertiary/aromatic N) is 1. The van der Waals surface area contributed by atoms with E-state index in [0.717, 1.165) is 0 Å². The zero-order valence-corrected chi connectivity index (χ0v) is 6.16. The zero-order chi connectivity index (χ0) is 8.43. The van der Waals surface area contributed by atoms with Gasteiger partial charge < -0.3 is 10.5 Å². The number of nitrogen functional groups attached to an aromatic ring is 1. The van der Waals surface area contributed by atoms with E-state index >= 15 is 0 Å². The first-order chi connectivity index (χ1) is 5.15. The molecule has 1 heterocycles. The summed E-state index contributed by atoms with van der Waals surface area (Å²) in [5.74, 6) is 0.535. The number of ether oxygens (including phenoxy) is 1. The lowest BCUT2D eigenvalue weighted by Crippen LogP contribution is -2.21. The average molecular weight is 144 g/mol. The molecule has 52 valence electrons. The van der Waals surface area contributed by atoms with Crippen molar-refractivity contribution in [2.24, 2.45) is 0 Å². The number of hydrogen-bond acceptors (Lipinski definition) is 3. The summed E-state index contributed by atoms with van der Waals surface area (Å²) in [5, 5.41) is 0. The van der Waals surface area contributed by atoms with Gasteiger partial charge in [-0.3, -0.25) is 0 Å². The Hall–Kier alpha value is -1.12. The first-order valence-electron chi connectivity index (χ1n) is 3.00. The molecule has 0 saturated carbocycles. The molecular formula is C6H6B2N2O. The third-order valence-corrected chi connectivity index (χ3v) is 1.27. The molecule has 2 N–H and O–H groups in total. The predicted molar refractivity (Wildman–Crippen MR) is 46.0 cm³/mol. The van der Waals surface area contributed by atoms with Gasteiger partial charge in [-0.1, -0.05) is 11.5 Å². The maximum atomic E-state index is 5.48. The van der Waals surface area contributed by atoms with E-state index in [4.69, 9.17) is 26.2 Å². The van der Waals surface area contributed by atoms with Gasteiger partial charge in [-0.2, -0.15) is 4.98 Å². The molecule has 4 radical (unpaired) electrons. The minimum atomic E-state index is 0.232. The van der Waals surface area contributed by atoms with Crippen LogP contribution in [0.1, 0.15) is 0 Å². The highest BCUT2D eigenvalue weighted by atomic mass is 16.5. The smallest absolute Gasteiger partial charge is 0.207 e. The van der Waals surface area contributed by atoms with Crippen molar-refractivity contribution in [1.82, 2.24) is 4.98 Å². The highest BCUT2D eigenvalue weighted by Gasteiger charge is 2.01. The predicted octanol–water partition coefficient (Wildman–Crippen LogP) is -1.74. The van der Waals surface area contributed by atoms with E-state index in [-0.39, 0.29) is 5.82 Å². The summed E-state index contributed by atoms with van der Waals surface area (Å²) in [6, 6.07) is 1.52. The summed E-state index contributed by atoms with van der Waals surface area (Å²) in [6.45, 7) is 0. The molecule has 0 unspecified atom stereocenters. The van der Waals surface area contributed by atoms with Crippen LogP contribution in [0.3, 0.4) is 0 Å². The van der Waals surface area contributed by atoms with E-state index in [1.807, 2.05) is 0 Å². The lowest BCUT2D eigenvalue weighted by Gasteiger charge is -2.06. The lowest BCUT2D eigenvalue weighted by molar-refractivity contribution is 0.402. The minimum Gasteiger partial charge on any atom is -0.481 e. The summed E-state index contributed by atoms with van der Waals surface area (Å²) in [4.78, 5) is 3.80. The molecule has 1 aromatic rings. The van der Waals surface area contributed by atoms with Gasteiger partial charge in [-0.05, 0) is 5.46 Å². The average Bonchev–Trinajstić information content (AvgIpc) is 1.97. The van der Waals surface area contributed by atoms with Crippen LogP contribution in [0.25, 0.3) is 0 Å². The van der Waals surface area contributed by atoms with Crippen LogP contribution < -0.4 is 21.4 Å². The fraction of sp³-hybridized carbons (Fsp3) is 0.167. The fourth-order valence-corrected chi connectivity index (χ4v) is 0.705. The monoisotopic (exact) mass is 144 g/mol. The topological polar surface area (TPSA) is 48.1 Å². The van der Waals surface area contributed by atoms with E-state index < -0.39 is 0 Å². The van der Waals surface area contributed by atoms with Crippen molar-refractivity contribution in [3.8, 4) is 5.88 Å². The van der Waals surface area contributed by atoms with Crippen LogP contribution >= 0.6 is 0 Å². The largest absolute Gasteiger partial charge is 0.481 e. The maximum Gasteiger partial charge on any atom is 0.207 e. The van der Waals surface area contributed by atoms with E-state index in [2.05, 4.69) is 4.98 Å². The second-order valence-corrected chi connectivity index (χ2v) is 2.06. The molecule has 0 amide bonds. The van der Waals surface area contributed by atoms with Crippen LogP contribution in [-0.4, -0.2) is 27.8 Å². The van der Waals surface area contributed by atoms with Crippen molar-refractivity contribution in [3.63, 3.8) is 0 Å². The highest BCUT2D eigenvalue weighted by molar-refractivity contribution is 6.40. The van der Waals surface area contributed by atoms with E-state index in [1.165, 1.54) is 13.2 Å². The molecule has 0 bridgehead atoms. The number of pyridine rings is 1. The van der Waals surface area contributed by atoms with Gasteiger partial charge >= 0.3 is 0 Å². The van der Waals surface area contributed by atoms with Crippen molar-refractivity contribution < 1.29 is 4.74 Å². The van der Waals surface area contributed by atoms with Gasteiger partial charge in [-0.25, -0.2) is 0 Å². The summed E-state index contributed by atoms with van der Waals surface area (Å²) in [7, 11) is 12.4. The van der Waals surface area contributed by atoms with Gasteiger partial charge in [0.1, 0.15) is 21.5 Å². The molecule has 11 heavy (non-hydrogen) atoms. The Morgan fingerprint density at radius 1 is 1.45 bits per heavy atom. The standard InChI is InChI=1S/C6H6B2N2O/c1-11-6-4(8)2-3(7)5(9)10-6/h2H,1H3,(H2,9,10). The SMILES string of the molecule is [B]c1cc([B])c(OC)nc1N. The first kappa shape index (κ1) is 7.98. The molecule has 0 spiro atoms. The molecule has 0 aliphatic heterocycles. The lowest BCUT2D eigenvalue weighted by atomic mass is 9.89. The first-order valence-corrected chi connectivity index (χ1v) is 3.00. The van der Waals surface area contributed by atoms with Crippen molar-refractivity contribution in [2.75, 3.05) is 12.8 Å². The van der Waals surface area contributed by atoms with Gasteiger partial charge in [0.2, 0.25) is 5.88 Å². The van der Waals surface area contributed by atoms with Crippen LogP contribution in [0.5, 0.6) is 5.88 Å². The molecular weight excluding hydrogens is 138 g/mol. The second-order valence-electron chi connectivity index (χ2n) is 2.06. The molecule has 1 rings (SSSR count). The summed E-state index contributed by atoms with van der Waals surface area (Å²) in [6.07, 6.45) is 0. The number of rotatable bonds is 1. The van der Waals surface area contributed by atoms with Gasteiger partial charge in [0, 0.05) is 0 Å². The number of methoxy groups -OCH3 is 1. The molecule has 0 saturated heterocycles. The van der Waals surface area contributed by atoms with Crippen LogP contribution in [0.15, 0.2) is 6.07 Å². The third kappa shape index (κ3) is 1.48. The van der Waals surface area contributed by atoms with Crippen molar-refractivity contribution in [2.45, 2.75) is 0 Å². The number of nitrogens with two attached hydrogens (primary N) is 1. The van der Waals surface area contributed by atoms with Crippen molar-refractivity contribution in [1.29, 1.82) is 0 Å². The van der Waals surface area contributed by atoms with Crippen LogP contribution in [0.4, 0.5) is 5.82 Å². The molecule has 0 aliphatic rings. The van der Waals surface area contributed by atoms with Gasteiger partial charge in [0.15, 0.2) is 0 Å². The Balaban J connectivity index is 3.21. The molecule has 0 fully saturated rings. The van der Waals surface area contributed by atoms with Gasteiger partial charge in [0.25, 0.3) is 0 Å². The van der Waals surface area contributed by atoms with Crippen LogP contribution in [-0.2, 0) is 0 Å². The minimum absolute atomic E-state index is 0.232. The zero-order valence-electron chi connectivity index (χ0n) is 6.16. The Bertz CT molecular complexity index is 278. The van der Waals surface area contributed by atoms with E-state index in [9.17, 15) is 0 Å². The molecule has 3 nitrogen and oxygen atoms in total. The normalized spacial score (nSPS) is 9.55. The molecule has 5 heteroatoms. The highest BCUT2D eigenvalue weighted by Crippen LogP contribution is 2.00. The van der Waals surface area contributed by atoms with Crippen molar-refractivity contribution in [3.05, 3.63) is 6.07 Å². The summed E-state index contributed by atoms with van der Waals surface area (Å²) >= 11 is 0. The van der Waals surface area contributed by atoms with Crippen LogP contribution in [0.2, 0.25) is 0 Å². The Morgan fingerprint density at radius 2 is 2.09 bits per heavy atom. The molecule has 0 aromatic carbocycles. The fourth-order valence-electron chi connectivity index (χ4n) is 0.705. The van der Waals surface area contributed by atoms with Gasteiger partial charge in [0.05, 0.1) is 7.11 Å². The molecule has 0 atom stereocenters. The molecule has 0 aliphatic carbocycles. The maximum absolute atomic E-state index is 5.48. The summed E-state index contributed by atoms with van der Waals surface area (Å²) in [5.41, 5.74) is 6.15.